The van der Waals surface area contributed by atoms with Crippen molar-refractivity contribution < 1.29 is 18.4 Å². The number of ether oxygens (including phenoxy) is 2. The molecule has 2 heterocycles. The molecule has 26 heavy (non-hydrogen) atoms. The number of likely N-dealkylation sites (N-methyl/N-ethyl adjacent to an activating group) is 2. The Morgan fingerprint density at radius 3 is 1.12 bits per heavy atom. The van der Waals surface area contributed by atoms with Gasteiger partial charge in [0.1, 0.15) is 26.2 Å². The SMILES string of the molecule is CC[N+]1(CCCCCCCCCC[N+]2(CC)CCOCC2)CCOCC1. The normalized spacial score (nSPS) is 22.4. The van der Waals surface area contributed by atoms with Crippen LogP contribution in [0.2, 0.25) is 0 Å². The molecule has 0 aromatic carbocycles. The molecular weight excluding hydrogens is 324 g/mol. The average molecular weight is 371 g/mol. The molecule has 0 spiro atoms. The third-order valence-corrected chi connectivity index (χ3v) is 7.20. The molecule has 0 saturated carbocycles. The lowest BCUT2D eigenvalue weighted by atomic mass is 10.1. The van der Waals surface area contributed by atoms with Crippen molar-refractivity contribution in [3.63, 3.8) is 0 Å². The van der Waals surface area contributed by atoms with Crippen LogP contribution >= 0.6 is 0 Å². The van der Waals surface area contributed by atoms with Gasteiger partial charge < -0.3 is 18.4 Å². The minimum Gasteiger partial charge on any atom is -0.370 e. The van der Waals surface area contributed by atoms with E-state index in [-0.39, 0.29) is 0 Å². The molecule has 0 atom stereocenters. The van der Waals surface area contributed by atoms with Gasteiger partial charge in [0.15, 0.2) is 0 Å². The Hall–Kier alpha value is -0.160. The van der Waals surface area contributed by atoms with Crippen LogP contribution in [0.15, 0.2) is 0 Å². The van der Waals surface area contributed by atoms with Gasteiger partial charge in [-0.05, 0) is 39.5 Å². The predicted octanol–water partition coefficient (Wildman–Crippen LogP) is 3.84. The summed E-state index contributed by atoms with van der Waals surface area (Å²) in [5.74, 6) is 0. The van der Waals surface area contributed by atoms with Crippen LogP contribution in [0, 0.1) is 0 Å². The summed E-state index contributed by atoms with van der Waals surface area (Å²) >= 11 is 0. The van der Waals surface area contributed by atoms with Crippen molar-refractivity contribution in [1.29, 1.82) is 0 Å². The third-order valence-electron chi connectivity index (χ3n) is 7.20. The van der Waals surface area contributed by atoms with Crippen molar-refractivity contribution in [3.05, 3.63) is 0 Å². The van der Waals surface area contributed by atoms with E-state index < -0.39 is 0 Å². The predicted molar refractivity (Wildman–Crippen MR) is 109 cm³/mol. The largest absolute Gasteiger partial charge is 0.370 e. The number of unbranched alkanes of at least 4 members (excludes halogenated alkanes) is 7. The Kier molecular flexibility index (Phi) is 10.5. The number of hydrogen-bond donors (Lipinski definition) is 0. The molecule has 0 unspecified atom stereocenters. The Balaban J connectivity index is 1.42. The van der Waals surface area contributed by atoms with Gasteiger partial charge in [0.05, 0.1) is 52.6 Å². The quantitative estimate of drug-likeness (QED) is 0.362. The highest BCUT2D eigenvalue weighted by atomic mass is 16.5. The fourth-order valence-electron chi connectivity index (χ4n) is 4.81. The van der Waals surface area contributed by atoms with E-state index in [9.17, 15) is 0 Å². The van der Waals surface area contributed by atoms with Gasteiger partial charge in [-0.25, -0.2) is 0 Å². The lowest BCUT2D eigenvalue weighted by Gasteiger charge is -2.40. The van der Waals surface area contributed by atoms with Crippen molar-refractivity contribution in [3.8, 4) is 0 Å². The van der Waals surface area contributed by atoms with E-state index >= 15 is 0 Å². The summed E-state index contributed by atoms with van der Waals surface area (Å²) in [4.78, 5) is 0. The molecule has 2 aliphatic heterocycles. The molecule has 0 radical (unpaired) electrons. The second-order valence-electron chi connectivity index (χ2n) is 8.71. The van der Waals surface area contributed by atoms with Gasteiger partial charge in [-0.2, -0.15) is 0 Å². The smallest absolute Gasteiger partial charge is 0.102 e. The molecule has 2 aliphatic rings. The fourth-order valence-corrected chi connectivity index (χ4v) is 4.81. The van der Waals surface area contributed by atoms with Gasteiger partial charge in [0.2, 0.25) is 0 Å². The number of morpholine rings is 2. The van der Waals surface area contributed by atoms with E-state index in [2.05, 4.69) is 13.8 Å². The Morgan fingerprint density at radius 1 is 0.500 bits per heavy atom. The summed E-state index contributed by atoms with van der Waals surface area (Å²) < 4.78 is 13.7. The lowest BCUT2D eigenvalue weighted by Crippen LogP contribution is -2.55. The van der Waals surface area contributed by atoms with Crippen LogP contribution in [0.25, 0.3) is 0 Å². The highest BCUT2D eigenvalue weighted by Crippen LogP contribution is 2.17. The number of nitrogens with zero attached hydrogens (tertiary/aromatic N) is 2. The fraction of sp³-hybridized carbons (Fsp3) is 1.00. The molecule has 2 rings (SSSR count). The summed E-state index contributed by atoms with van der Waals surface area (Å²) in [5, 5.41) is 0. The molecule has 0 aromatic heterocycles. The van der Waals surface area contributed by atoms with Gasteiger partial charge in [0.25, 0.3) is 0 Å². The van der Waals surface area contributed by atoms with Crippen LogP contribution in [-0.4, -0.2) is 87.8 Å². The van der Waals surface area contributed by atoms with Crippen LogP contribution < -0.4 is 0 Å². The molecule has 2 fully saturated rings. The Labute approximate surface area is 163 Å². The van der Waals surface area contributed by atoms with Crippen LogP contribution in [-0.2, 0) is 9.47 Å². The molecule has 0 aromatic rings. The molecule has 0 amide bonds. The monoisotopic (exact) mass is 370 g/mol. The molecule has 4 heteroatoms. The molecule has 2 saturated heterocycles. The molecule has 4 nitrogen and oxygen atoms in total. The molecule has 0 bridgehead atoms. The van der Waals surface area contributed by atoms with Crippen LogP contribution in [0.4, 0.5) is 0 Å². The highest BCUT2D eigenvalue weighted by Gasteiger charge is 2.28. The summed E-state index contributed by atoms with van der Waals surface area (Å²) in [6.07, 6.45) is 11.4. The van der Waals surface area contributed by atoms with Crippen LogP contribution in [0.5, 0.6) is 0 Å². The van der Waals surface area contributed by atoms with Gasteiger partial charge in [-0.15, -0.1) is 0 Å². The Morgan fingerprint density at radius 2 is 0.808 bits per heavy atom. The second kappa shape index (κ2) is 12.3. The zero-order valence-electron chi connectivity index (χ0n) is 17.9. The second-order valence-corrected chi connectivity index (χ2v) is 8.71. The molecule has 154 valence electrons. The van der Waals surface area contributed by atoms with E-state index in [1.807, 2.05) is 0 Å². The number of rotatable bonds is 13. The topological polar surface area (TPSA) is 18.5 Å². The lowest BCUT2D eigenvalue weighted by molar-refractivity contribution is -0.933. The van der Waals surface area contributed by atoms with Gasteiger partial charge in [-0.3, -0.25) is 0 Å². The van der Waals surface area contributed by atoms with Crippen LogP contribution in [0.3, 0.4) is 0 Å². The average Bonchev–Trinajstić information content (AvgIpc) is 2.71. The minimum absolute atomic E-state index is 0.971. The van der Waals surface area contributed by atoms with E-state index in [4.69, 9.17) is 9.47 Å². The molecule has 0 N–H and O–H groups in total. The van der Waals surface area contributed by atoms with Crippen molar-refractivity contribution in [2.75, 3.05) is 78.8 Å². The van der Waals surface area contributed by atoms with E-state index in [1.54, 1.807) is 0 Å². The van der Waals surface area contributed by atoms with Crippen molar-refractivity contribution in [2.45, 2.75) is 65.2 Å². The first-order valence-electron chi connectivity index (χ1n) is 11.6. The van der Waals surface area contributed by atoms with Crippen molar-refractivity contribution in [2.24, 2.45) is 0 Å². The first kappa shape index (κ1) is 22.1. The van der Waals surface area contributed by atoms with Gasteiger partial charge in [-0.1, -0.05) is 25.7 Å². The number of hydrogen-bond acceptors (Lipinski definition) is 2. The van der Waals surface area contributed by atoms with E-state index in [0.29, 0.717) is 0 Å². The van der Waals surface area contributed by atoms with E-state index in [0.717, 1.165) is 26.4 Å². The standard InChI is InChI=1S/C22H46N2O2/c1-3-23(15-19-25-20-16-23)13-11-9-7-5-6-8-10-12-14-24(4-2)17-21-26-22-18-24/h3-22H2,1-2H3/q+2. The van der Waals surface area contributed by atoms with Crippen molar-refractivity contribution in [1.82, 2.24) is 0 Å². The first-order valence-corrected chi connectivity index (χ1v) is 11.6. The number of quaternary nitrogens is 2. The zero-order chi connectivity index (χ0) is 18.6. The first-order chi connectivity index (χ1) is 12.7. The summed E-state index contributed by atoms with van der Waals surface area (Å²) in [6.45, 7) is 18.9. The maximum atomic E-state index is 5.55. The molecular formula is C22H46N2O2+2. The van der Waals surface area contributed by atoms with Gasteiger partial charge in [0, 0.05) is 0 Å². The maximum absolute atomic E-state index is 5.55. The van der Waals surface area contributed by atoms with Gasteiger partial charge >= 0.3 is 0 Å². The Bertz CT molecular complexity index is 316. The van der Waals surface area contributed by atoms with Crippen molar-refractivity contribution >= 4 is 0 Å². The maximum Gasteiger partial charge on any atom is 0.102 e. The van der Waals surface area contributed by atoms with Crippen LogP contribution in [0.1, 0.15) is 65.2 Å². The third kappa shape index (κ3) is 7.46. The molecule has 0 aliphatic carbocycles. The highest BCUT2D eigenvalue weighted by molar-refractivity contribution is 4.53. The summed E-state index contributed by atoms with van der Waals surface area (Å²) in [7, 11) is 0. The summed E-state index contributed by atoms with van der Waals surface area (Å²) in [6, 6.07) is 0. The summed E-state index contributed by atoms with van der Waals surface area (Å²) in [5.41, 5.74) is 0. The van der Waals surface area contributed by atoms with E-state index in [1.165, 1.54) is 113 Å². The zero-order valence-corrected chi connectivity index (χ0v) is 17.9. The minimum atomic E-state index is 0.971.